The molecule has 0 saturated carbocycles. The largest absolute Gasteiger partial charge is 0.507 e. The molecule has 4 rings (SSSR count). The van der Waals surface area contributed by atoms with Gasteiger partial charge in [0.25, 0.3) is 5.91 Å². The standard InChI is InChI=1S/C20H13ClN2O4S/c1-10-8-16(25)27-18-11(10)6-7-14(24)13(18)9-22-23-20(26)19-17(21)12-4-2-3-5-15(12)28-19/h2-9,24H,1H3,(H,23,26)/b22-9+. The van der Waals surface area contributed by atoms with Crippen LogP contribution in [0.4, 0.5) is 0 Å². The fourth-order valence-corrected chi connectivity index (χ4v) is 4.29. The zero-order valence-electron chi connectivity index (χ0n) is 14.5. The number of amides is 1. The van der Waals surface area contributed by atoms with Crippen LogP contribution in [0.3, 0.4) is 0 Å². The van der Waals surface area contributed by atoms with Crippen molar-refractivity contribution in [1.29, 1.82) is 0 Å². The van der Waals surface area contributed by atoms with Gasteiger partial charge in [-0.2, -0.15) is 5.10 Å². The minimum Gasteiger partial charge on any atom is -0.507 e. The molecule has 1 amide bonds. The lowest BCUT2D eigenvalue weighted by Gasteiger charge is -2.05. The quantitative estimate of drug-likeness (QED) is 0.295. The third-order valence-electron chi connectivity index (χ3n) is 4.24. The van der Waals surface area contributed by atoms with Crippen LogP contribution < -0.4 is 11.1 Å². The van der Waals surface area contributed by atoms with Gasteiger partial charge in [0.05, 0.1) is 16.8 Å². The normalized spacial score (nSPS) is 11.5. The summed E-state index contributed by atoms with van der Waals surface area (Å²) in [7, 11) is 0. The van der Waals surface area contributed by atoms with Gasteiger partial charge in [0.2, 0.25) is 0 Å². The number of halogens is 1. The summed E-state index contributed by atoms with van der Waals surface area (Å²) in [5.41, 5.74) is 2.96. The number of phenolic OH excluding ortho intramolecular Hbond substituents is 1. The Labute approximate surface area is 167 Å². The Bertz CT molecular complexity index is 1320. The molecule has 0 aliphatic rings. The molecule has 0 atom stereocenters. The number of hydrogen-bond donors (Lipinski definition) is 2. The molecule has 0 aliphatic carbocycles. The van der Waals surface area contributed by atoms with E-state index in [1.54, 1.807) is 13.0 Å². The van der Waals surface area contributed by atoms with Crippen LogP contribution in [-0.4, -0.2) is 17.2 Å². The molecule has 0 unspecified atom stereocenters. The molecular formula is C20H13ClN2O4S. The maximum Gasteiger partial charge on any atom is 0.336 e. The van der Waals surface area contributed by atoms with E-state index in [9.17, 15) is 14.7 Å². The molecule has 0 saturated heterocycles. The molecule has 28 heavy (non-hydrogen) atoms. The van der Waals surface area contributed by atoms with E-state index in [2.05, 4.69) is 10.5 Å². The van der Waals surface area contributed by atoms with Crippen LogP contribution in [0.15, 0.2) is 56.8 Å². The van der Waals surface area contributed by atoms with Crippen molar-refractivity contribution in [1.82, 2.24) is 5.43 Å². The first-order chi connectivity index (χ1) is 13.5. The summed E-state index contributed by atoms with van der Waals surface area (Å²) in [6.45, 7) is 1.77. The van der Waals surface area contributed by atoms with Gasteiger partial charge in [0.15, 0.2) is 5.58 Å². The number of benzene rings is 2. The fourth-order valence-electron chi connectivity index (χ4n) is 2.89. The van der Waals surface area contributed by atoms with Crippen LogP contribution in [-0.2, 0) is 0 Å². The van der Waals surface area contributed by atoms with Crippen LogP contribution >= 0.6 is 22.9 Å². The fraction of sp³-hybridized carbons (Fsp3) is 0.0500. The zero-order chi connectivity index (χ0) is 19.8. The number of fused-ring (bicyclic) bond motifs is 2. The highest BCUT2D eigenvalue weighted by atomic mass is 35.5. The van der Waals surface area contributed by atoms with E-state index in [-0.39, 0.29) is 16.9 Å². The Hall–Kier alpha value is -3.16. The number of nitrogens with one attached hydrogen (secondary N) is 1. The Morgan fingerprint density at radius 3 is 2.82 bits per heavy atom. The van der Waals surface area contributed by atoms with Crippen molar-refractivity contribution in [2.75, 3.05) is 0 Å². The second-order valence-corrected chi connectivity index (χ2v) is 7.49. The summed E-state index contributed by atoms with van der Waals surface area (Å²) in [4.78, 5) is 24.5. The highest BCUT2D eigenvalue weighted by Gasteiger charge is 2.16. The van der Waals surface area contributed by atoms with Gasteiger partial charge in [0.1, 0.15) is 10.6 Å². The smallest absolute Gasteiger partial charge is 0.336 e. The van der Waals surface area contributed by atoms with E-state index in [1.807, 2.05) is 24.3 Å². The maximum absolute atomic E-state index is 12.4. The molecule has 6 nitrogen and oxygen atoms in total. The van der Waals surface area contributed by atoms with Gasteiger partial charge < -0.3 is 9.52 Å². The molecule has 4 aromatic rings. The first-order valence-electron chi connectivity index (χ1n) is 8.22. The predicted molar refractivity (Wildman–Crippen MR) is 111 cm³/mol. The lowest BCUT2D eigenvalue weighted by Crippen LogP contribution is -2.16. The van der Waals surface area contributed by atoms with Crippen molar-refractivity contribution in [3.8, 4) is 5.75 Å². The van der Waals surface area contributed by atoms with Crippen molar-refractivity contribution in [3.63, 3.8) is 0 Å². The summed E-state index contributed by atoms with van der Waals surface area (Å²) in [6, 6.07) is 11.9. The maximum atomic E-state index is 12.4. The number of carbonyl (C=O) groups is 1. The van der Waals surface area contributed by atoms with E-state index in [1.165, 1.54) is 29.7 Å². The van der Waals surface area contributed by atoms with Crippen molar-refractivity contribution in [2.45, 2.75) is 6.92 Å². The average Bonchev–Trinajstić information content (AvgIpc) is 3.00. The number of hydrogen-bond acceptors (Lipinski definition) is 6. The van der Waals surface area contributed by atoms with Crippen LogP contribution in [0.1, 0.15) is 20.8 Å². The predicted octanol–water partition coefficient (Wildman–Crippen LogP) is 4.44. The molecular weight excluding hydrogens is 400 g/mol. The third kappa shape index (κ3) is 3.15. The number of rotatable bonds is 3. The van der Waals surface area contributed by atoms with Crippen molar-refractivity contribution >= 4 is 56.1 Å². The third-order valence-corrected chi connectivity index (χ3v) is 5.91. The van der Waals surface area contributed by atoms with Gasteiger partial charge in [-0.15, -0.1) is 11.3 Å². The van der Waals surface area contributed by atoms with Gasteiger partial charge in [0, 0.05) is 21.5 Å². The van der Waals surface area contributed by atoms with Gasteiger partial charge >= 0.3 is 5.63 Å². The lowest BCUT2D eigenvalue weighted by atomic mass is 10.1. The minimum absolute atomic E-state index is 0.126. The second kappa shape index (κ2) is 7.10. The number of thiophene rings is 1. The molecule has 0 spiro atoms. The van der Waals surface area contributed by atoms with Crippen LogP contribution in [0, 0.1) is 6.92 Å². The summed E-state index contributed by atoms with van der Waals surface area (Å²) in [6.07, 6.45) is 1.24. The first-order valence-corrected chi connectivity index (χ1v) is 9.42. The number of phenols is 1. The zero-order valence-corrected chi connectivity index (χ0v) is 16.1. The number of hydrazone groups is 1. The summed E-state index contributed by atoms with van der Waals surface area (Å²) in [5, 5.41) is 15.9. The Morgan fingerprint density at radius 2 is 2.04 bits per heavy atom. The van der Waals surface area contributed by atoms with Crippen molar-refractivity contribution in [3.05, 3.63) is 73.9 Å². The molecule has 140 valence electrons. The van der Waals surface area contributed by atoms with Crippen LogP contribution in [0.2, 0.25) is 5.02 Å². The van der Waals surface area contributed by atoms with Gasteiger partial charge in [-0.1, -0.05) is 29.8 Å². The topological polar surface area (TPSA) is 91.9 Å². The monoisotopic (exact) mass is 412 g/mol. The van der Waals surface area contributed by atoms with Gasteiger partial charge in [-0.3, -0.25) is 4.79 Å². The summed E-state index contributed by atoms with van der Waals surface area (Å²) >= 11 is 7.55. The highest BCUT2D eigenvalue weighted by molar-refractivity contribution is 7.21. The molecule has 0 aliphatic heterocycles. The summed E-state index contributed by atoms with van der Waals surface area (Å²) in [5.74, 6) is -0.598. The molecule has 0 bridgehead atoms. The van der Waals surface area contributed by atoms with Crippen LogP contribution in [0.25, 0.3) is 21.1 Å². The number of aromatic hydroxyl groups is 1. The second-order valence-electron chi connectivity index (χ2n) is 6.06. The van der Waals surface area contributed by atoms with E-state index in [0.717, 1.165) is 10.1 Å². The molecule has 8 heteroatoms. The van der Waals surface area contributed by atoms with Crippen LogP contribution in [0.5, 0.6) is 5.75 Å². The number of nitrogens with zero attached hydrogens (tertiary/aromatic N) is 1. The van der Waals surface area contributed by atoms with Crippen molar-refractivity contribution in [2.24, 2.45) is 5.10 Å². The summed E-state index contributed by atoms with van der Waals surface area (Å²) < 4.78 is 6.11. The van der Waals surface area contributed by atoms with E-state index >= 15 is 0 Å². The molecule has 2 heterocycles. The Balaban J connectivity index is 1.66. The Kier molecular flexibility index (Phi) is 4.62. The van der Waals surface area contributed by atoms with E-state index < -0.39 is 11.5 Å². The molecule has 2 N–H and O–H groups in total. The molecule has 0 fully saturated rings. The first kappa shape index (κ1) is 18.2. The average molecular weight is 413 g/mol. The number of carbonyl (C=O) groups excluding carboxylic acids is 1. The van der Waals surface area contributed by atoms with E-state index in [0.29, 0.717) is 20.8 Å². The molecule has 0 radical (unpaired) electrons. The van der Waals surface area contributed by atoms with Gasteiger partial charge in [-0.25, -0.2) is 10.2 Å². The van der Waals surface area contributed by atoms with Gasteiger partial charge in [-0.05, 0) is 30.7 Å². The van der Waals surface area contributed by atoms with E-state index in [4.69, 9.17) is 16.0 Å². The SMILES string of the molecule is Cc1cc(=O)oc2c(/C=N/NC(=O)c3sc4ccccc4c3Cl)c(O)ccc12. The molecule has 2 aromatic heterocycles. The molecule has 2 aromatic carbocycles. The number of aryl methyl sites for hydroxylation is 1. The van der Waals surface area contributed by atoms with Crippen molar-refractivity contribution < 1.29 is 14.3 Å². The Morgan fingerprint density at radius 1 is 1.25 bits per heavy atom. The minimum atomic E-state index is -0.536. The lowest BCUT2D eigenvalue weighted by molar-refractivity contribution is 0.0959. The highest BCUT2D eigenvalue weighted by Crippen LogP contribution is 2.35.